The smallest absolute Gasteiger partial charge is 0.206 e. The number of aryl methyl sites for hydroxylation is 1. The van der Waals surface area contributed by atoms with E-state index in [-0.39, 0.29) is 0 Å². The van der Waals surface area contributed by atoms with Crippen molar-refractivity contribution in [3.8, 4) is 0 Å². The topological polar surface area (TPSA) is 0 Å². The van der Waals surface area contributed by atoms with Crippen molar-refractivity contribution in [1.82, 2.24) is 0 Å². The molecule has 0 unspecified atom stereocenters. The maximum absolute atomic E-state index is 12.2. The fourth-order valence-electron chi connectivity index (χ4n) is 5.74. The fourth-order valence-corrected chi connectivity index (χ4v) is 5.74. The summed E-state index contributed by atoms with van der Waals surface area (Å²) in [6.07, 6.45) is 17.0. The molecule has 1 aromatic carbocycles. The summed E-state index contributed by atoms with van der Waals surface area (Å²) in [7, 11) is 0. The van der Waals surface area contributed by atoms with Crippen LogP contribution in [-0.2, 0) is 6.42 Å². The molecule has 0 heterocycles. The summed E-state index contributed by atoms with van der Waals surface area (Å²) in [6.45, 7) is 2.26. The molecule has 2 fully saturated rings. The number of allylic oxidation sites excluding steroid dienone is 2. The second kappa shape index (κ2) is 11.9. The summed E-state index contributed by atoms with van der Waals surface area (Å²) in [4.78, 5) is 0. The van der Waals surface area contributed by atoms with Crippen molar-refractivity contribution in [1.29, 1.82) is 0 Å². The molecule has 0 radical (unpaired) electrons. The molecule has 0 N–H and O–H groups in total. The minimum atomic E-state index is -2.29. The van der Waals surface area contributed by atoms with Crippen molar-refractivity contribution in [3.63, 3.8) is 0 Å². The molecule has 0 aromatic heterocycles. The lowest BCUT2D eigenvalue weighted by molar-refractivity contribution is 0.157. The van der Waals surface area contributed by atoms with Crippen LogP contribution >= 0.6 is 0 Å². The van der Waals surface area contributed by atoms with Crippen molar-refractivity contribution in [3.05, 3.63) is 47.5 Å². The van der Waals surface area contributed by atoms with Gasteiger partial charge >= 0.3 is 0 Å². The van der Waals surface area contributed by atoms with E-state index in [1.165, 1.54) is 76.2 Å². The van der Waals surface area contributed by atoms with E-state index in [9.17, 15) is 8.78 Å². The first-order valence-electron chi connectivity index (χ1n) is 12.2. The van der Waals surface area contributed by atoms with Gasteiger partial charge in [0.05, 0.1) is 0 Å². The molecule has 162 valence electrons. The lowest BCUT2D eigenvalue weighted by Gasteiger charge is -2.38. The second-order valence-corrected chi connectivity index (χ2v) is 9.58. The molecule has 1 aromatic rings. The van der Waals surface area contributed by atoms with Crippen LogP contribution in [0.2, 0.25) is 0 Å². The van der Waals surface area contributed by atoms with Crippen LogP contribution < -0.4 is 0 Å². The zero-order valence-electron chi connectivity index (χ0n) is 18.3. The van der Waals surface area contributed by atoms with Crippen LogP contribution in [0.25, 0.3) is 0 Å². The Balaban J connectivity index is 1.37. The molecule has 2 aliphatic carbocycles. The van der Waals surface area contributed by atoms with Crippen LogP contribution in [0.15, 0.2) is 36.4 Å². The summed E-state index contributed by atoms with van der Waals surface area (Å²) in [5, 5.41) is 0. The largest absolute Gasteiger partial charge is 0.257 e. The van der Waals surface area contributed by atoms with E-state index in [2.05, 4.69) is 31.2 Å². The second-order valence-electron chi connectivity index (χ2n) is 9.58. The van der Waals surface area contributed by atoms with Crippen molar-refractivity contribution in [2.24, 2.45) is 17.8 Å². The van der Waals surface area contributed by atoms with Gasteiger partial charge in [0.2, 0.25) is 0 Å². The molecule has 2 saturated carbocycles. The Bertz CT molecular complexity index is 587. The van der Waals surface area contributed by atoms with Crippen LogP contribution in [0.3, 0.4) is 0 Å². The highest BCUT2D eigenvalue weighted by Gasteiger charge is 2.31. The van der Waals surface area contributed by atoms with Gasteiger partial charge in [-0.05, 0) is 105 Å². The van der Waals surface area contributed by atoms with E-state index in [1.807, 2.05) is 0 Å². The molecule has 0 amide bonds. The van der Waals surface area contributed by atoms with Gasteiger partial charge in [0.1, 0.15) is 0 Å². The molecule has 0 atom stereocenters. The van der Waals surface area contributed by atoms with E-state index < -0.39 is 6.43 Å². The van der Waals surface area contributed by atoms with Gasteiger partial charge in [-0.2, -0.15) is 0 Å². The number of hydrogen-bond acceptors (Lipinski definition) is 0. The Morgan fingerprint density at radius 2 is 1.52 bits per heavy atom. The number of unbranched alkanes of at least 4 members (excludes halogenated alkanes) is 1. The quantitative estimate of drug-likeness (QED) is 0.362. The van der Waals surface area contributed by atoms with Gasteiger partial charge in [-0.15, -0.1) is 0 Å². The van der Waals surface area contributed by atoms with Gasteiger partial charge in [-0.3, -0.25) is 0 Å². The van der Waals surface area contributed by atoms with Gasteiger partial charge in [0.15, 0.2) is 0 Å². The SMILES string of the molecule is CCCCc1ccc(C2CCC(C3CCC(CC/C=C/C(F)F)CC3)CC2)cc1. The van der Waals surface area contributed by atoms with E-state index in [4.69, 9.17) is 0 Å². The number of alkyl halides is 2. The van der Waals surface area contributed by atoms with E-state index in [0.29, 0.717) is 0 Å². The third-order valence-electron chi connectivity index (χ3n) is 7.62. The molecule has 0 aliphatic heterocycles. The van der Waals surface area contributed by atoms with Gasteiger partial charge in [0, 0.05) is 0 Å². The molecule has 0 saturated heterocycles. The maximum Gasteiger partial charge on any atom is 0.257 e. The van der Waals surface area contributed by atoms with Crippen LogP contribution in [0.4, 0.5) is 8.78 Å². The molecule has 29 heavy (non-hydrogen) atoms. The molecule has 2 aliphatic rings. The lowest BCUT2D eigenvalue weighted by atomic mass is 9.68. The average molecular weight is 403 g/mol. The fraction of sp³-hybridized carbons (Fsp3) is 0.704. The minimum absolute atomic E-state index is 0.760. The highest BCUT2D eigenvalue weighted by Crippen LogP contribution is 2.44. The third-order valence-corrected chi connectivity index (χ3v) is 7.62. The van der Waals surface area contributed by atoms with Crippen molar-refractivity contribution >= 4 is 0 Å². The van der Waals surface area contributed by atoms with Crippen LogP contribution in [-0.4, -0.2) is 6.43 Å². The summed E-state index contributed by atoms with van der Waals surface area (Å²) in [6, 6.07) is 9.50. The van der Waals surface area contributed by atoms with Crippen LogP contribution in [0.1, 0.15) is 101 Å². The van der Waals surface area contributed by atoms with E-state index >= 15 is 0 Å². The predicted octanol–water partition coefficient (Wildman–Crippen LogP) is 8.71. The maximum atomic E-state index is 12.2. The van der Waals surface area contributed by atoms with Crippen molar-refractivity contribution < 1.29 is 8.78 Å². The normalized spacial score (nSPS) is 28.3. The molecule has 0 nitrogen and oxygen atoms in total. The Morgan fingerprint density at radius 3 is 2.10 bits per heavy atom. The number of rotatable bonds is 9. The van der Waals surface area contributed by atoms with E-state index in [1.54, 1.807) is 11.6 Å². The summed E-state index contributed by atoms with van der Waals surface area (Å²) in [5.74, 6) is 3.37. The first-order valence-corrected chi connectivity index (χ1v) is 12.2. The van der Waals surface area contributed by atoms with Gasteiger partial charge in [-0.1, -0.05) is 56.5 Å². The lowest BCUT2D eigenvalue weighted by Crippen LogP contribution is -2.25. The summed E-state index contributed by atoms with van der Waals surface area (Å²) < 4.78 is 24.3. The minimum Gasteiger partial charge on any atom is -0.206 e. The molecule has 3 rings (SSSR count). The van der Waals surface area contributed by atoms with Gasteiger partial charge in [0.25, 0.3) is 6.43 Å². The highest BCUT2D eigenvalue weighted by molar-refractivity contribution is 5.26. The third kappa shape index (κ3) is 7.23. The first kappa shape index (κ1) is 22.5. The van der Waals surface area contributed by atoms with Crippen molar-refractivity contribution in [2.75, 3.05) is 0 Å². The Hall–Kier alpha value is -1.18. The van der Waals surface area contributed by atoms with Crippen molar-refractivity contribution in [2.45, 2.75) is 103 Å². The summed E-state index contributed by atoms with van der Waals surface area (Å²) >= 11 is 0. The molecule has 0 bridgehead atoms. The standard InChI is InChI=1S/C27H40F2/c1-2-3-6-21-9-13-23(14-10-21)25-17-19-26(20-18-25)24-15-11-22(12-16-24)7-4-5-8-27(28)29/h5,8-10,13-14,22,24-27H,2-4,6-7,11-12,15-20H2,1H3/b8-5+. The monoisotopic (exact) mass is 402 g/mol. The predicted molar refractivity (Wildman–Crippen MR) is 120 cm³/mol. The van der Waals surface area contributed by atoms with Gasteiger partial charge < -0.3 is 0 Å². The van der Waals surface area contributed by atoms with Crippen LogP contribution in [0, 0.1) is 17.8 Å². The molecule has 0 spiro atoms. The average Bonchev–Trinajstić information content (AvgIpc) is 2.76. The zero-order chi connectivity index (χ0) is 20.5. The number of benzene rings is 1. The molecule has 2 heteroatoms. The van der Waals surface area contributed by atoms with E-state index in [0.717, 1.165) is 42.6 Å². The highest BCUT2D eigenvalue weighted by atomic mass is 19.3. The van der Waals surface area contributed by atoms with Crippen LogP contribution in [0.5, 0.6) is 0 Å². The molecular formula is C27H40F2. The number of hydrogen-bond donors (Lipinski definition) is 0. The Labute approximate surface area is 177 Å². The molecular weight excluding hydrogens is 362 g/mol. The zero-order valence-corrected chi connectivity index (χ0v) is 18.3. The Morgan fingerprint density at radius 1 is 0.897 bits per heavy atom. The number of halogens is 2. The Kier molecular flexibility index (Phi) is 9.21. The van der Waals surface area contributed by atoms with Gasteiger partial charge in [-0.25, -0.2) is 8.78 Å². The summed E-state index contributed by atoms with van der Waals surface area (Å²) in [5.41, 5.74) is 3.05. The first-order chi connectivity index (χ1) is 14.2.